The Bertz CT molecular complexity index is 794. The second kappa shape index (κ2) is 5.20. The van der Waals surface area contributed by atoms with Crippen LogP contribution in [0.3, 0.4) is 0 Å². The van der Waals surface area contributed by atoms with Crippen molar-refractivity contribution in [2.45, 2.75) is 6.92 Å². The highest BCUT2D eigenvalue weighted by Crippen LogP contribution is 2.25. The molecule has 5 nitrogen and oxygen atoms in total. The van der Waals surface area contributed by atoms with Gasteiger partial charge in [-0.25, -0.2) is 9.78 Å². The summed E-state index contributed by atoms with van der Waals surface area (Å²) in [6.45, 7) is 1.93. The number of pyridine rings is 1. The molecule has 2 heterocycles. The summed E-state index contributed by atoms with van der Waals surface area (Å²) in [6, 6.07) is 8.78. The van der Waals surface area contributed by atoms with E-state index in [1.165, 1.54) is 0 Å². The lowest BCUT2D eigenvalue weighted by molar-refractivity contribution is 0.0697. The molecule has 0 amide bonds. The number of nitrogens with one attached hydrogen (secondary N) is 1. The monoisotopic (exact) mass is 279 g/mol. The van der Waals surface area contributed by atoms with Gasteiger partial charge < -0.3 is 10.1 Å². The molecular weight excluding hydrogens is 266 g/mol. The minimum atomic E-state index is -0.945. The quantitative estimate of drug-likeness (QED) is 0.772. The molecular formula is C16H13N3O2. The highest BCUT2D eigenvalue weighted by atomic mass is 16.4. The van der Waals surface area contributed by atoms with Gasteiger partial charge in [-0.15, -0.1) is 0 Å². The molecule has 2 aromatic heterocycles. The maximum absolute atomic E-state index is 11.1. The molecule has 1 aromatic carbocycles. The Kier molecular flexibility index (Phi) is 3.23. The normalized spacial score (nSPS) is 10.5. The lowest BCUT2D eigenvalue weighted by atomic mass is 10.0. The lowest BCUT2D eigenvalue weighted by Gasteiger charge is -2.04. The Morgan fingerprint density at radius 3 is 2.86 bits per heavy atom. The Hall–Kier alpha value is -2.95. The Morgan fingerprint density at radius 1 is 1.29 bits per heavy atom. The third-order valence-corrected chi connectivity index (χ3v) is 3.27. The molecule has 0 radical (unpaired) electrons. The van der Waals surface area contributed by atoms with Crippen molar-refractivity contribution in [3.8, 4) is 22.6 Å². The van der Waals surface area contributed by atoms with Gasteiger partial charge in [0.1, 0.15) is 5.82 Å². The van der Waals surface area contributed by atoms with Crippen molar-refractivity contribution in [3.63, 3.8) is 0 Å². The second-order valence-corrected chi connectivity index (χ2v) is 4.71. The molecule has 5 heteroatoms. The fourth-order valence-corrected chi connectivity index (χ4v) is 2.14. The molecule has 2 N–H and O–H groups in total. The number of hydrogen-bond acceptors (Lipinski definition) is 3. The number of aromatic amines is 1. The highest BCUT2D eigenvalue weighted by Gasteiger charge is 2.11. The van der Waals surface area contributed by atoms with Gasteiger partial charge in [-0.3, -0.25) is 4.98 Å². The number of rotatable bonds is 3. The van der Waals surface area contributed by atoms with Crippen LogP contribution in [-0.2, 0) is 0 Å². The van der Waals surface area contributed by atoms with Crippen molar-refractivity contribution < 1.29 is 9.90 Å². The number of hydrogen-bond donors (Lipinski definition) is 2. The van der Waals surface area contributed by atoms with Crippen LogP contribution in [0.4, 0.5) is 0 Å². The van der Waals surface area contributed by atoms with Crippen molar-refractivity contribution in [3.05, 3.63) is 60.0 Å². The molecule has 0 unspecified atom stereocenters. The number of carboxylic acids is 1. The third-order valence-electron chi connectivity index (χ3n) is 3.27. The van der Waals surface area contributed by atoms with E-state index in [4.69, 9.17) is 5.11 Å². The van der Waals surface area contributed by atoms with Gasteiger partial charge in [0, 0.05) is 29.7 Å². The van der Waals surface area contributed by atoms with Gasteiger partial charge in [-0.05, 0) is 36.8 Å². The van der Waals surface area contributed by atoms with Crippen molar-refractivity contribution >= 4 is 5.97 Å². The minimum Gasteiger partial charge on any atom is -0.478 e. The Balaban J connectivity index is 2.04. The zero-order valence-corrected chi connectivity index (χ0v) is 11.4. The molecule has 0 fully saturated rings. The van der Waals surface area contributed by atoms with E-state index in [9.17, 15) is 4.79 Å². The van der Waals surface area contributed by atoms with Gasteiger partial charge in [0.25, 0.3) is 0 Å². The first-order valence-electron chi connectivity index (χ1n) is 6.45. The number of aryl methyl sites for hydroxylation is 1. The summed E-state index contributed by atoms with van der Waals surface area (Å²) in [5.41, 5.74) is 3.64. The average Bonchev–Trinajstić information content (AvgIpc) is 2.98. The van der Waals surface area contributed by atoms with Gasteiger partial charge >= 0.3 is 5.97 Å². The van der Waals surface area contributed by atoms with Crippen LogP contribution in [0.15, 0.2) is 48.9 Å². The summed E-state index contributed by atoms with van der Waals surface area (Å²) < 4.78 is 0. The van der Waals surface area contributed by atoms with Crippen molar-refractivity contribution in [1.29, 1.82) is 0 Å². The SMILES string of the molecule is Cc1ccc(C(=O)O)cc1-c1c[nH]c(-c2cccnc2)n1. The predicted molar refractivity (Wildman–Crippen MR) is 79.0 cm³/mol. The third kappa shape index (κ3) is 2.53. The van der Waals surface area contributed by atoms with Gasteiger partial charge in [0.2, 0.25) is 0 Å². The molecule has 0 spiro atoms. The van der Waals surface area contributed by atoms with Crippen LogP contribution in [0.5, 0.6) is 0 Å². The van der Waals surface area contributed by atoms with Crippen LogP contribution < -0.4 is 0 Å². The number of carbonyl (C=O) groups is 1. The zero-order valence-electron chi connectivity index (χ0n) is 11.4. The van der Waals surface area contributed by atoms with Gasteiger partial charge in [-0.1, -0.05) is 6.07 Å². The molecule has 21 heavy (non-hydrogen) atoms. The van der Waals surface area contributed by atoms with E-state index >= 15 is 0 Å². The summed E-state index contributed by atoms with van der Waals surface area (Å²) in [7, 11) is 0. The molecule has 0 saturated carbocycles. The number of nitrogens with zero attached hydrogens (tertiary/aromatic N) is 2. The van der Waals surface area contributed by atoms with E-state index in [2.05, 4.69) is 15.0 Å². The van der Waals surface area contributed by atoms with E-state index < -0.39 is 5.97 Å². The number of benzene rings is 1. The number of aromatic nitrogens is 3. The fourth-order valence-electron chi connectivity index (χ4n) is 2.14. The van der Waals surface area contributed by atoms with Crippen molar-refractivity contribution in [2.24, 2.45) is 0 Å². The van der Waals surface area contributed by atoms with Crippen molar-refractivity contribution in [2.75, 3.05) is 0 Å². The largest absolute Gasteiger partial charge is 0.478 e. The number of carboxylic acid groups (broad SMARTS) is 1. The van der Waals surface area contributed by atoms with Gasteiger partial charge in [0.05, 0.1) is 11.3 Å². The lowest BCUT2D eigenvalue weighted by Crippen LogP contribution is -1.97. The van der Waals surface area contributed by atoms with Crippen LogP contribution in [-0.4, -0.2) is 26.0 Å². The van der Waals surface area contributed by atoms with E-state index in [1.807, 2.05) is 19.1 Å². The van der Waals surface area contributed by atoms with Gasteiger partial charge in [0.15, 0.2) is 0 Å². The molecule has 0 aliphatic heterocycles. The average molecular weight is 279 g/mol. The van der Waals surface area contributed by atoms with E-state index in [0.29, 0.717) is 5.82 Å². The molecule has 0 atom stereocenters. The Morgan fingerprint density at radius 2 is 2.14 bits per heavy atom. The first kappa shape index (κ1) is 13.1. The Labute approximate surface area is 121 Å². The molecule has 0 bridgehead atoms. The van der Waals surface area contributed by atoms with Crippen LogP contribution in [0.25, 0.3) is 22.6 Å². The first-order valence-corrected chi connectivity index (χ1v) is 6.45. The fraction of sp³-hybridized carbons (Fsp3) is 0.0625. The molecule has 0 aliphatic rings. The summed E-state index contributed by atoms with van der Waals surface area (Å²) in [5, 5.41) is 9.09. The summed E-state index contributed by atoms with van der Waals surface area (Å²) in [4.78, 5) is 22.8. The second-order valence-electron chi connectivity index (χ2n) is 4.71. The smallest absolute Gasteiger partial charge is 0.335 e. The first-order chi connectivity index (χ1) is 10.1. The molecule has 104 valence electrons. The minimum absolute atomic E-state index is 0.251. The summed E-state index contributed by atoms with van der Waals surface area (Å²) >= 11 is 0. The molecule has 0 aliphatic carbocycles. The van der Waals surface area contributed by atoms with E-state index in [-0.39, 0.29) is 5.56 Å². The molecule has 3 aromatic rings. The van der Waals surface area contributed by atoms with Crippen LogP contribution in [0.2, 0.25) is 0 Å². The van der Waals surface area contributed by atoms with Crippen LogP contribution >= 0.6 is 0 Å². The maximum atomic E-state index is 11.1. The van der Waals surface area contributed by atoms with E-state index in [1.54, 1.807) is 36.8 Å². The number of imidazole rings is 1. The number of aromatic carboxylic acids is 1. The van der Waals surface area contributed by atoms with E-state index in [0.717, 1.165) is 22.4 Å². The number of H-pyrrole nitrogens is 1. The maximum Gasteiger partial charge on any atom is 0.335 e. The van der Waals surface area contributed by atoms with Crippen LogP contribution in [0, 0.1) is 6.92 Å². The topological polar surface area (TPSA) is 78.9 Å². The summed E-state index contributed by atoms with van der Waals surface area (Å²) in [5.74, 6) is -0.238. The zero-order chi connectivity index (χ0) is 14.8. The predicted octanol–water partition coefficient (Wildman–Crippen LogP) is 3.15. The molecule has 0 saturated heterocycles. The molecule has 3 rings (SSSR count). The summed E-state index contributed by atoms with van der Waals surface area (Å²) in [6.07, 6.45) is 5.20. The van der Waals surface area contributed by atoms with Crippen LogP contribution in [0.1, 0.15) is 15.9 Å². The van der Waals surface area contributed by atoms with Gasteiger partial charge in [-0.2, -0.15) is 0 Å². The standard InChI is InChI=1S/C16H13N3O2/c1-10-4-5-11(16(20)21)7-13(10)14-9-18-15(19-14)12-3-2-6-17-8-12/h2-9H,1H3,(H,18,19)(H,20,21). The van der Waals surface area contributed by atoms with Crippen molar-refractivity contribution in [1.82, 2.24) is 15.0 Å². The highest BCUT2D eigenvalue weighted by molar-refractivity contribution is 5.89.